The predicted molar refractivity (Wildman–Crippen MR) is 131 cm³/mol. The lowest BCUT2D eigenvalue weighted by Gasteiger charge is -2.26. The molecule has 0 heterocycles. The Morgan fingerprint density at radius 2 is 1.39 bits per heavy atom. The number of aliphatic carboxylic acids is 1. The van der Waals surface area contributed by atoms with E-state index in [0.29, 0.717) is 5.56 Å². The molecule has 0 spiro atoms. The molecule has 1 rings (SSSR count). The Hall–Kier alpha value is -3.67. The zero-order chi connectivity index (χ0) is 27.6. The SMILES string of the molecule is CC(C)CC(NC(=O)C(CC(N)=O)NC(=O)C(N)Cc1ccc(O)cc1)C(=O)NC(C(=O)O)C(C)C. The fraction of sp³-hybridized carbons (Fsp3) is 0.542. The predicted octanol–water partition coefficient (Wildman–Crippen LogP) is -0.621. The zero-order valence-electron chi connectivity index (χ0n) is 21.0. The highest BCUT2D eigenvalue weighted by Gasteiger charge is 2.32. The third-order valence-electron chi connectivity index (χ3n) is 5.34. The molecule has 12 nitrogen and oxygen atoms in total. The molecule has 0 aliphatic rings. The summed E-state index contributed by atoms with van der Waals surface area (Å²) in [6.07, 6.45) is -0.260. The molecule has 12 heteroatoms. The second-order valence-corrected chi connectivity index (χ2v) is 9.47. The van der Waals surface area contributed by atoms with Gasteiger partial charge in [-0.15, -0.1) is 0 Å². The van der Waals surface area contributed by atoms with Gasteiger partial charge in [0.05, 0.1) is 12.5 Å². The van der Waals surface area contributed by atoms with E-state index in [2.05, 4.69) is 16.0 Å². The lowest BCUT2D eigenvalue weighted by molar-refractivity contribution is -0.143. The van der Waals surface area contributed by atoms with Gasteiger partial charge in [0.1, 0.15) is 23.9 Å². The maximum atomic E-state index is 13.0. The number of carbonyl (C=O) groups is 5. The van der Waals surface area contributed by atoms with Crippen molar-refractivity contribution in [2.24, 2.45) is 23.3 Å². The minimum atomic E-state index is -1.40. The highest BCUT2D eigenvalue weighted by molar-refractivity contribution is 5.96. The molecule has 200 valence electrons. The first kappa shape index (κ1) is 30.4. The Morgan fingerprint density at radius 3 is 1.86 bits per heavy atom. The number of nitrogens with one attached hydrogen (secondary N) is 3. The molecule has 4 unspecified atom stereocenters. The highest BCUT2D eigenvalue weighted by atomic mass is 16.4. The molecule has 0 aliphatic heterocycles. The Bertz CT molecular complexity index is 933. The van der Waals surface area contributed by atoms with Crippen LogP contribution in [0.1, 0.15) is 46.1 Å². The van der Waals surface area contributed by atoms with Gasteiger partial charge in [-0.05, 0) is 42.4 Å². The van der Waals surface area contributed by atoms with Crippen LogP contribution in [0, 0.1) is 11.8 Å². The first-order valence-electron chi connectivity index (χ1n) is 11.7. The molecule has 36 heavy (non-hydrogen) atoms. The number of hydrogen-bond donors (Lipinski definition) is 7. The largest absolute Gasteiger partial charge is 0.508 e. The average Bonchev–Trinajstić information content (AvgIpc) is 2.76. The second kappa shape index (κ2) is 14.0. The van der Waals surface area contributed by atoms with Crippen LogP contribution in [0.15, 0.2) is 24.3 Å². The van der Waals surface area contributed by atoms with Gasteiger partial charge in [0.25, 0.3) is 0 Å². The van der Waals surface area contributed by atoms with E-state index in [9.17, 15) is 34.2 Å². The number of hydrogen-bond acceptors (Lipinski definition) is 7. The summed E-state index contributed by atoms with van der Waals surface area (Å²) >= 11 is 0. The molecule has 0 aliphatic carbocycles. The number of carboxylic acid groups (broad SMARTS) is 1. The Balaban J connectivity index is 2.98. The van der Waals surface area contributed by atoms with Crippen LogP contribution in [0.2, 0.25) is 0 Å². The molecule has 0 saturated heterocycles. The first-order valence-corrected chi connectivity index (χ1v) is 11.7. The van der Waals surface area contributed by atoms with E-state index in [1.165, 1.54) is 12.1 Å². The standard InChI is InChI=1S/C24H37N5O7/c1-12(2)9-17(23(34)29-20(13(3)4)24(35)36)28-22(33)18(11-19(26)31)27-21(32)16(25)10-14-5-7-15(30)8-6-14/h5-8,12-13,16-18,20,30H,9-11,25H2,1-4H3,(H2,26,31)(H,27,32)(H,28,33)(H,29,34)(H,35,36). The number of amides is 4. The van der Waals surface area contributed by atoms with Crippen LogP contribution < -0.4 is 27.4 Å². The summed E-state index contributed by atoms with van der Waals surface area (Å²) in [5.74, 6) is -4.74. The number of carboxylic acids is 1. The van der Waals surface area contributed by atoms with E-state index >= 15 is 0 Å². The second-order valence-electron chi connectivity index (χ2n) is 9.47. The fourth-order valence-electron chi connectivity index (χ4n) is 3.41. The number of primary amides is 1. The van der Waals surface area contributed by atoms with Crippen molar-refractivity contribution in [1.82, 2.24) is 16.0 Å². The summed E-state index contributed by atoms with van der Waals surface area (Å²) in [7, 11) is 0. The molecule has 1 aromatic carbocycles. The molecular formula is C24H37N5O7. The van der Waals surface area contributed by atoms with Gasteiger partial charge in [-0.2, -0.15) is 0 Å². The highest BCUT2D eigenvalue weighted by Crippen LogP contribution is 2.12. The monoisotopic (exact) mass is 507 g/mol. The van der Waals surface area contributed by atoms with Crippen molar-refractivity contribution < 1.29 is 34.2 Å². The lowest BCUT2D eigenvalue weighted by atomic mass is 10.00. The van der Waals surface area contributed by atoms with Crippen molar-refractivity contribution in [3.63, 3.8) is 0 Å². The van der Waals surface area contributed by atoms with Crippen molar-refractivity contribution in [2.45, 2.75) is 71.1 Å². The minimum Gasteiger partial charge on any atom is -0.508 e. The molecule has 0 fully saturated rings. The number of aromatic hydroxyl groups is 1. The third kappa shape index (κ3) is 10.3. The van der Waals surface area contributed by atoms with Crippen LogP contribution in [0.5, 0.6) is 5.75 Å². The molecular weight excluding hydrogens is 470 g/mol. The van der Waals surface area contributed by atoms with Crippen LogP contribution in [0.25, 0.3) is 0 Å². The quantitative estimate of drug-likeness (QED) is 0.172. The van der Waals surface area contributed by atoms with Crippen LogP contribution in [-0.4, -0.2) is 64.0 Å². The maximum absolute atomic E-state index is 13.0. The van der Waals surface area contributed by atoms with Gasteiger partial charge in [0, 0.05) is 0 Å². The van der Waals surface area contributed by atoms with Crippen molar-refractivity contribution >= 4 is 29.6 Å². The minimum absolute atomic E-state index is 0.0497. The lowest BCUT2D eigenvalue weighted by Crippen LogP contribution is -2.58. The molecule has 0 radical (unpaired) electrons. The van der Waals surface area contributed by atoms with Gasteiger partial charge < -0.3 is 37.6 Å². The summed E-state index contributed by atoms with van der Waals surface area (Å²) in [4.78, 5) is 61.5. The number of carbonyl (C=O) groups excluding carboxylic acids is 4. The molecule has 0 saturated carbocycles. The summed E-state index contributed by atoms with van der Waals surface area (Å²) in [5, 5.41) is 26.1. The van der Waals surface area contributed by atoms with E-state index in [-0.39, 0.29) is 24.5 Å². The Labute approximate surface area is 210 Å². The molecule has 4 atom stereocenters. The summed E-state index contributed by atoms with van der Waals surface area (Å²) in [6, 6.07) is 1.31. The number of rotatable bonds is 14. The number of phenolic OH excluding ortho intramolecular Hbond substituents is 1. The normalized spacial score (nSPS) is 14.4. The summed E-state index contributed by atoms with van der Waals surface area (Å²) in [6.45, 7) is 6.90. The van der Waals surface area contributed by atoms with Crippen molar-refractivity contribution in [1.29, 1.82) is 0 Å². The van der Waals surface area contributed by atoms with Crippen molar-refractivity contribution in [3.8, 4) is 5.75 Å². The van der Waals surface area contributed by atoms with Crippen LogP contribution in [0.3, 0.4) is 0 Å². The Morgan fingerprint density at radius 1 is 0.861 bits per heavy atom. The Kier molecular flexibility index (Phi) is 11.8. The number of nitrogens with two attached hydrogens (primary N) is 2. The fourth-order valence-corrected chi connectivity index (χ4v) is 3.41. The number of phenols is 1. The van der Waals surface area contributed by atoms with Gasteiger partial charge >= 0.3 is 5.97 Å². The van der Waals surface area contributed by atoms with Gasteiger partial charge in [0.2, 0.25) is 23.6 Å². The van der Waals surface area contributed by atoms with Crippen molar-refractivity contribution in [3.05, 3.63) is 29.8 Å². The molecule has 0 aromatic heterocycles. The van der Waals surface area contributed by atoms with E-state index in [1.807, 2.05) is 13.8 Å². The topological polar surface area (TPSA) is 214 Å². The van der Waals surface area contributed by atoms with E-state index in [1.54, 1.807) is 26.0 Å². The average molecular weight is 508 g/mol. The smallest absolute Gasteiger partial charge is 0.326 e. The van der Waals surface area contributed by atoms with E-state index in [0.717, 1.165) is 0 Å². The summed E-state index contributed by atoms with van der Waals surface area (Å²) < 4.78 is 0. The number of benzene rings is 1. The molecule has 4 amide bonds. The van der Waals surface area contributed by atoms with Gasteiger partial charge in [0.15, 0.2) is 0 Å². The molecule has 9 N–H and O–H groups in total. The first-order chi connectivity index (χ1) is 16.7. The van der Waals surface area contributed by atoms with Crippen LogP contribution >= 0.6 is 0 Å². The maximum Gasteiger partial charge on any atom is 0.326 e. The summed E-state index contributed by atoms with van der Waals surface area (Å²) in [5.41, 5.74) is 11.9. The van der Waals surface area contributed by atoms with E-state index < -0.39 is 66.1 Å². The van der Waals surface area contributed by atoms with Crippen LogP contribution in [-0.2, 0) is 30.4 Å². The van der Waals surface area contributed by atoms with Crippen molar-refractivity contribution in [2.75, 3.05) is 0 Å². The third-order valence-corrected chi connectivity index (χ3v) is 5.34. The van der Waals surface area contributed by atoms with E-state index in [4.69, 9.17) is 11.5 Å². The van der Waals surface area contributed by atoms with Gasteiger partial charge in [-0.3, -0.25) is 19.2 Å². The molecule has 1 aromatic rings. The van der Waals surface area contributed by atoms with Gasteiger partial charge in [-0.25, -0.2) is 4.79 Å². The zero-order valence-corrected chi connectivity index (χ0v) is 21.0. The van der Waals surface area contributed by atoms with Gasteiger partial charge in [-0.1, -0.05) is 39.8 Å². The molecule has 0 bridgehead atoms. The van der Waals surface area contributed by atoms with Crippen LogP contribution in [0.4, 0.5) is 0 Å².